The van der Waals surface area contributed by atoms with Gasteiger partial charge in [0.2, 0.25) is 11.0 Å². The lowest BCUT2D eigenvalue weighted by Gasteiger charge is -2.09. The molecule has 2 amide bonds. The topological polar surface area (TPSA) is 106 Å². The zero-order valence-electron chi connectivity index (χ0n) is 16.3. The predicted octanol–water partition coefficient (Wildman–Crippen LogP) is 5.03. The van der Waals surface area contributed by atoms with Crippen molar-refractivity contribution in [2.24, 2.45) is 0 Å². The number of para-hydroxylation sites is 1. The fourth-order valence-corrected chi connectivity index (χ4v) is 4.91. The third-order valence-corrected chi connectivity index (χ3v) is 6.82. The number of carbonyl (C=O) groups excluding carboxylic acids is 2. The summed E-state index contributed by atoms with van der Waals surface area (Å²) in [5, 5.41) is 13.6. The van der Waals surface area contributed by atoms with Gasteiger partial charge in [-0.2, -0.15) is 0 Å². The minimum absolute atomic E-state index is 0.0126. The number of rotatable bonds is 7. The lowest BCUT2D eigenvalue weighted by atomic mass is 10.3. The van der Waals surface area contributed by atoms with Gasteiger partial charge in [-0.05, 0) is 36.4 Å². The maximum absolute atomic E-state index is 12.4. The molecule has 2 N–H and O–H groups in total. The number of nitrogens with zero attached hydrogens (tertiary/aromatic N) is 3. The van der Waals surface area contributed by atoms with E-state index in [0.29, 0.717) is 15.0 Å². The minimum atomic E-state index is -4.78. The summed E-state index contributed by atoms with van der Waals surface area (Å²) in [5.41, 5.74) is 1.05. The van der Waals surface area contributed by atoms with Gasteiger partial charge in [-0.3, -0.25) is 14.9 Å². The van der Waals surface area contributed by atoms with Crippen molar-refractivity contribution in [1.29, 1.82) is 0 Å². The van der Waals surface area contributed by atoms with Crippen molar-refractivity contribution in [1.82, 2.24) is 15.2 Å². The van der Waals surface area contributed by atoms with E-state index in [1.807, 2.05) is 24.3 Å². The SMILES string of the molecule is O=C(CSc1nnc(NC(=O)c2nc3ccccc3s2)s1)Nc1ccc(OC(F)(F)F)cc1. The largest absolute Gasteiger partial charge is 0.573 e. The Morgan fingerprint density at radius 1 is 1.00 bits per heavy atom. The van der Waals surface area contributed by atoms with Crippen LogP contribution in [0.15, 0.2) is 52.9 Å². The van der Waals surface area contributed by atoms with Crippen molar-refractivity contribution in [3.8, 4) is 5.75 Å². The molecule has 14 heteroatoms. The first-order valence-electron chi connectivity index (χ1n) is 9.04. The summed E-state index contributed by atoms with van der Waals surface area (Å²) >= 11 is 3.46. The third-order valence-electron chi connectivity index (χ3n) is 3.81. The number of thioether (sulfide) groups is 1. The van der Waals surface area contributed by atoms with Crippen LogP contribution in [0.4, 0.5) is 24.0 Å². The monoisotopic (exact) mass is 511 g/mol. The minimum Gasteiger partial charge on any atom is -0.406 e. The number of hydrogen-bond acceptors (Lipinski definition) is 9. The van der Waals surface area contributed by atoms with Crippen LogP contribution in [0.2, 0.25) is 0 Å². The van der Waals surface area contributed by atoms with E-state index < -0.39 is 12.3 Å². The normalized spacial score (nSPS) is 11.4. The van der Waals surface area contributed by atoms with Crippen LogP contribution in [0.1, 0.15) is 9.80 Å². The molecule has 0 saturated carbocycles. The number of halogens is 3. The molecule has 0 bridgehead atoms. The number of thiazole rings is 1. The van der Waals surface area contributed by atoms with Gasteiger partial charge in [-0.25, -0.2) is 4.98 Å². The highest BCUT2D eigenvalue weighted by Gasteiger charge is 2.31. The molecule has 0 radical (unpaired) electrons. The molecular weight excluding hydrogens is 499 g/mol. The van der Waals surface area contributed by atoms with Crippen LogP contribution in [0.3, 0.4) is 0 Å². The van der Waals surface area contributed by atoms with Gasteiger partial charge in [-0.1, -0.05) is 35.2 Å². The number of ether oxygens (including phenoxy) is 1. The van der Waals surface area contributed by atoms with Crippen LogP contribution in [-0.2, 0) is 4.79 Å². The molecule has 0 unspecified atom stereocenters. The highest BCUT2D eigenvalue weighted by atomic mass is 32.2. The van der Waals surface area contributed by atoms with Crippen molar-refractivity contribution >= 4 is 67.3 Å². The Morgan fingerprint density at radius 2 is 1.76 bits per heavy atom. The van der Waals surface area contributed by atoms with Gasteiger partial charge in [0.1, 0.15) is 5.75 Å². The van der Waals surface area contributed by atoms with Crippen LogP contribution in [0.5, 0.6) is 5.75 Å². The zero-order valence-corrected chi connectivity index (χ0v) is 18.7. The summed E-state index contributed by atoms with van der Waals surface area (Å²) in [6, 6.07) is 12.2. The van der Waals surface area contributed by atoms with E-state index in [-0.39, 0.29) is 22.5 Å². The number of aromatic nitrogens is 3. The number of amides is 2. The molecule has 0 fully saturated rings. The van der Waals surface area contributed by atoms with E-state index in [1.54, 1.807) is 0 Å². The Balaban J connectivity index is 1.27. The first kappa shape index (κ1) is 22.9. The lowest BCUT2D eigenvalue weighted by molar-refractivity contribution is -0.274. The number of hydrogen-bond donors (Lipinski definition) is 2. The molecule has 0 aliphatic heterocycles. The van der Waals surface area contributed by atoms with Crippen LogP contribution >= 0.6 is 34.4 Å². The molecular formula is C19H12F3N5O3S3. The van der Waals surface area contributed by atoms with E-state index in [9.17, 15) is 22.8 Å². The van der Waals surface area contributed by atoms with E-state index in [1.165, 1.54) is 23.5 Å². The fraction of sp³-hybridized carbons (Fsp3) is 0.105. The molecule has 0 aliphatic rings. The lowest BCUT2D eigenvalue weighted by Crippen LogP contribution is -2.17. The van der Waals surface area contributed by atoms with Crippen LogP contribution in [0.25, 0.3) is 10.2 Å². The van der Waals surface area contributed by atoms with Crippen molar-refractivity contribution in [2.45, 2.75) is 10.7 Å². The van der Waals surface area contributed by atoms with Crippen LogP contribution in [-0.4, -0.2) is 39.1 Å². The predicted molar refractivity (Wildman–Crippen MR) is 120 cm³/mol. The smallest absolute Gasteiger partial charge is 0.406 e. The number of alkyl halides is 3. The maximum atomic E-state index is 12.4. The molecule has 0 atom stereocenters. The molecule has 170 valence electrons. The van der Waals surface area contributed by atoms with Crippen molar-refractivity contribution in [3.05, 3.63) is 53.5 Å². The number of carbonyl (C=O) groups is 2. The number of benzene rings is 2. The molecule has 4 rings (SSSR count). The molecule has 8 nitrogen and oxygen atoms in total. The van der Waals surface area contributed by atoms with Crippen molar-refractivity contribution in [3.63, 3.8) is 0 Å². The first-order chi connectivity index (χ1) is 15.7. The van der Waals surface area contributed by atoms with E-state index in [2.05, 4.69) is 30.6 Å². The summed E-state index contributed by atoms with van der Waals surface area (Å²) in [7, 11) is 0. The van der Waals surface area contributed by atoms with Crippen molar-refractivity contribution in [2.75, 3.05) is 16.4 Å². The summed E-state index contributed by atoms with van der Waals surface area (Å²) < 4.78 is 41.7. The van der Waals surface area contributed by atoms with Gasteiger partial charge in [0.25, 0.3) is 5.91 Å². The Labute approximate surface area is 196 Å². The fourth-order valence-electron chi connectivity index (χ4n) is 2.50. The summed E-state index contributed by atoms with van der Waals surface area (Å²) in [4.78, 5) is 28.8. The second-order valence-electron chi connectivity index (χ2n) is 6.22. The molecule has 0 spiro atoms. The van der Waals surface area contributed by atoms with Gasteiger partial charge in [0.05, 0.1) is 16.0 Å². The summed E-state index contributed by atoms with van der Waals surface area (Å²) in [6.07, 6.45) is -4.78. The van der Waals surface area contributed by atoms with Crippen LogP contribution in [0, 0.1) is 0 Å². The van der Waals surface area contributed by atoms with Gasteiger partial charge in [-0.15, -0.1) is 34.7 Å². The maximum Gasteiger partial charge on any atom is 0.573 e. The molecule has 2 heterocycles. The number of anilines is 2. The average molecular weight is 512 g/mol. The highest BCUT2D eigenvalue weighted by Crippen LogP contribution is 2.28. The van der Waals surface area contributed by atoms with E-state index >= 15 is 0 Å². The number of nitrogens with one attached hydrogen (secondary N) is 2. The Bertz CT molecular complexity index is 1260. The quantitative estimate of drug-likeness (QED) is 0.265. The van der Waals surface area contributed by atoms with E-state index in [4.69, 9.17) is 0 Å². The van der Waals surface area contributed by atoms with E-state index in [0.717, 1.165) is 45.4 Å². The molecule has 4 aromatic rings. The van der Waals surface area contributed by atoms with Crippen molar-refractivity contribution < 1.29 is 27.5 Å². The Hall–Kier alpha value is -3.23. The molecule has 2 aromatic heterocycles. The second kappa shape index (κ2) is 9.72. The molecule has 33 heavy (non-hydrogen) atoms. The van der Waals surface area contributed by atoms with Crippen LogP contribution < -0.4 is 15.4 Å². The molecule has 0 aliphatic carbocycles. The Morgan fingerprint density at radius 3 is 2.48 bits per heavy atom. The summed E-state index contributed by atoms with van der Waals surface area (Å²) in [6.45, 7) is 0. The van der Waals surface area contributed by atoms with Gasteiger partial charge < -0.3 is 10.1 Å². The highest BCUT2D eigenvalue weighted by molar-refractivity contribution is 8.01. The zero-order chi connectivity index (χ0) is 23.4. The third kappa shape index (κ3) is 6.40. The van der Waals surface area contributed by atoms with Gasteiger partial charge in [0.15, 0.2) is 9.35 Å². The average Bonchev–Trinajstić information content (AvgIpc) is 3.39. The second-order valence-corrected chi connectivity index (χ2v) is 9.45. The summed E-state index contributed by atoms with van der Waals surface area (Å²) in [5.74, 6) is -1.19. The standard InChI is InChI=1S/C19H12F3N5O3S3/c20-19(21,22)30-11-7-5-10(6-8-11)23-14(28)9-31-18-27-26-17(33-18)25-15(29)16-24-12-3-1-2-4-13(12)32-16/h1-8H,9H2,(H,23,28)(H,25,26,29). The van der Waals surface area contributed by atoms with Gasteiger partial charge in [0, 0.05) is 5.69 Å². The first-order valence-corrected chi connectivity index (χ1v) is 11.7. The number of fused-ring (bicyclic) bond motifs is 1. The van der Waals surface area contributed by atoms with Gasteiger partial charge >= 0.3 is 6.36 Å². The Kier molecular flexibility index (Phi) is 6.76. The molecule has 0 saturated heterocycles. The molecule has 2 aromatic carbocycles.